The molecule has 1 aliphatic carbocycles. The van der Waals surface area contributed by atoms with E-state index in [4.69, 9.17) is 9.15 Å². The Bertz CT molecular complexity index is 2660. The molecule has 8 aromatic rings. The molecule has 1 aliphatic heterocycles. The minimum atomic E-state index is -0.128. The maximum Gasteiger partial charge on any atom is 0.136 e. The third-order valence-corrected chi connectivity index (χ3v) is 10.5. The highest BCUT2D eigenvalue weighted by Crippen LogP contribution is 2.51. The number of ether oxygens (including phenoxy) is 1. The van der Waals surface area contributed by atoms with Gasteiger partial charge in [0, 0.05) is 39.5 Å². The standard InChI is InChI=1S/C47H33NO2/c1-47-27-8-7-16-45(47)50-44-30-38(24-25-41(44)47)48(37-13-9-12-34(28-37)31-10-3-2-4-11-31)36-22-19-32(20-23-36)35-18-17-33-21-26-43-46(40(33)29-35)39-14-5-6-15-42(39)49-43/h2-26,28-30H,27H2,1H3. The van der Waals surface area contributed by atoms with Crippen molar-refractivity contribution in [1.29, 1.82) is 0 Å². The number of para-hydroxylation sites is 1. The molecule has 238 valence electrons. The van der Waals surface area contributed by atoms with Crippen molar-refractivity contribution < 1.29 is 9.15 Å². The second-order valence-electron chi connectivity index (χ2n) is 13.5. The van der Waals surface area contributed by atoms with Crippen LogP contribution in [0.1, 0.15) is 18.9 Å². The zero-order chi connectivity index (χ0) is 33.2. The summed E-state index contributed by atoms with van der Waals surface area (Å²) < 4.78 is 12.7. The summed E-state index contributed by atoms with van der Waals surface area (Å²) in [6.45, 7) is 2.28. The van der Waals surface area contributed by atoms with Crippen LogP contribution in [-0.2, 0) is 5.41 Å². The first-order chi connectivity index (χ1) is 24.6. The summed E-state index contributed by atoms with van der Waals surface area (Å²) in [5.74, 6) is 1.94. The Balaban J connectivity index is 1.08. The average molecular weight is 644 g/mol. The highest BCUT2D eigenvalue weighted by molar-refractivity contribution is 6.19. The van der Waals surface area contributed by atoms with E-state index in [2.05, 4.69) is 170 Å². The molecular formula is C47H33NO2. The van der Waals surface area contributed by atoms with E-state index < -0.39 is 0 Å². The number of anilines is 3. The third-order valence-electron chi connectivity index (χ3n) is 10.5. The van der Waals surface area contributed by atoms with Crippen LogP contribution < -0.4 is 9.64 Å². The third kappa shape index (κ3) is 4.51. The summed E-state index contributed by atoms with van der Waals surface area (Å²) in [5, 5.41) is 4.72. The summed E-state index contributed by atoms with van der Waals surface area (Å²) in [5.41, 5.74) is 10.8. The molecule has 1 aromatic heterocycles. The maximum atomic E-state index is 6.51. The SMILES string of the molecule is CC12CC=CC=C1Oc1cc(N(c3ccc(-c4ccc5ccc6oc7ccccc7c6c5c4)cc3)c3cccc(-c4ccccc4)c3)ccc12. The van der Waals surface area contributed by atoms with Gasteiger partial charge in [-0.15, -0.1) is 0 Å². The van der Waals surface area contributed by atoms with Crippen LogP contribution in [0.25, 0.3) is 55.0 Å². The summed E-state index contributed by atoms with van der Waals surface area (Å²) in [6.07, 6.45) is 7.37. The maximum absolute atomic E-state index is 6.51. The zero-order valence-corrected chi connectivity index (χ0v) is 27.6. The number of hydrogen-bond donors (Lipinski definition) is 0. The van der Waals surface area contributed by atoms with Gasteiger partial charge in [0.2, 0.25) is 0 Å². The molecule has 10 rings (SSSR count). The van der Waals surface area contributed by atoms with Gasteiger partial charge in [0.15, 0.2) is 0 Å². The topological polar surface area (TPSA) is 25.6 Å². The number of allylic oxidation sites excluding steroid dienone is 4. The molecular weight excluding hydrogens is 611 g/mol. The molecule has 2 aliphatic rings. The van der Waals surface area contributed by atoms with Crippen molar-refractivity contribution in [3.05, 3.63) is 181 Å². The molecule has 2 heterocycles. The van der Waals surface area contributed by atoms with Crippen molar-refractivity contribution in [2.75, 3.05) is 4.90 Å². The number of nitrogens with zero attached hydrogens (tertiary/aromatic N) is 1. The number of furan rings is 1. The van der Waals surface area contributed by atoms with Crippen LogP contribution in [0.3, 0.4) is 0 Å². The molecule has 3 nitrogen and oxygen atoms in total. The van der Waals surface area contributed by atoms with Gasteiger partial charge in [-0.05, 0) is 101 Å². The summed E-state index contributed by atoms with van der Waals surface area (Å²) in [4.78, 5) is 2.33. The molecule has 50 heavy (non-hydrogen) atoms. The van der Waals surface area contributed by atoms with Crippen LogP contribution in [0, 0.1) is 0 Å². The molecule has 0 saturated carbocycles. The minimum absolute atomic E-state index is 0.128. The lowest BCUT2D eigenvalue weighted by atomic mass is 9.77. The number of hydrogen-bond acceptors (Lipinski definition) is 3. The summed E-state index contributed by atoms with van der Waals surface area (Å²) >= 11 is 0. The molecule has 0 fully saturated rings. The molecule has 1 atom stereocenters. The first-order valence-electron chi connectivity index (χ1n) is 17.2. The molecule has 0 amide bonds. The fraction of sp³-hybridized carbons (Fsp3) is 0.0638. The van der Waals surface area contributed by atoms with E-state index in [1.54, 1.807) is 0 Å². The largest absolute Gasteiger partial charge is 0.460 e. The Kier molecular flexibility index (Phi) is 6.37. The van der Waals surface area contributed by atoms with Crippen molar-refractivity contribution in [2.45, 2.75) is 18.8 Å². The Hall–Kier alpha value is -6.32. The molecule has 0 bridgehead atoms. The first kappa shape index (κ1) is 28.7. The van der Waals surface area contributed by atoms with E-state index in [-0.39, 0.29) is 5.41 Å². The van der Waals surface area contributed by atoms with E-state index >= 15 is 0 Å². The molecule has 1 unspecified atom stereocenters. The van der Waals surface area contributed by atoms with Crippen molar-refractivity contribution in [3.63, 3.8) is 0 Å². The highest BCUT2D eigenvalue weighted by Gasteiger charge is 2.41. The second kappa shape index (κ2) is 11.1. The molecule has 0 N–H and O–H groups in total. The lowest BCUT2D eigenvalue weighted by molar-refractivity contribution is 0.377. The van der Waals surface area contributed by atoms with E-state index in [9.17, 15) is 0 Å². The van der Waals surface area contributed by atoms with Crippen LogP contribution in [0.4, 0.5) is 17.1 Å². The lowest BCUT2D eigenvalue weighted by Gasteiger charge is -2.27. The van der Waals surface area contributed by atoms with Gasteiger partial charge in [-0.25, -0.2) is 0 Å². The predicted molar refractivity (Wildman–Crippen MR) is 207 cm³/mol. The quantitative estimate of drug-likeness (QED) is 0.187. The van der Waals surface area contributed by atoms with E-state index in [0.717, 1.165) is 57.1 Å². The fourth-order valence-corrected chi connectivity index (χ4v) is 7.87. The predicted octanol–water partition coefficient (Wildman–Crippen LogP) is 13.0. The van der Waals surface area contributed by atoms with Crippen LogP contribution >= 0.6 is 0 Å². The molecule has 3 heteroatoms. The Morgan fingerprint density at radius 3 is 2.18 bits per heavy atom. The Morgan fingerprint density at radius 1 is 0.560 bits per heavy atom. The number of rotatable bonds is 5. The Labute approximate surface area is 291 Å². The van der Waals surface area contributed by atoms with Gasteiger partial charge in [0.05, 0.1) is 5.41 Å². The van der Waals surface area contributed by atoms with Crippen molar-refractivity contribution in [3.8, 4) is 28.0 Å². The van der Waals surface area contributed by atoms with Crippen molar-refractivity contribution >= 4 is 49.8 Å². The summed E-state index contributed by atoms with van der Waals surface area (Å²) in [6, 6.07) is 54.2. The molecule has 0 spiro atoms. The molecule has 0 radical (unpaired) electrons. The fourth-order valence-electron chi connectivity index (χ4n) is 7.87. The molecule has 0 saturated heterocycles. The van der Waals surface area contributed by atoms with E-state index in [1.165, 1.54) is 38.4 Å². The van der Waals surface area contributed by atoms with Gasteiger partial charge in [-0.3, -0.25) is 0 Å². The van der Waals surface area contributed by atoms with Gasteiger partial charge in [-0.1, -0.05) is 109 Å². The first-order valence-corrected chi connectivity index (χ1v) is 17.2. The normalized spacial score (nSPS) is 16.3. The van der Waals surface area contributed by atoms with Crippen LogP contribution in [0.15, 0.2) is 180 Å². The van der Waals surface area contributed by atoms with Crippen LogP contribution in [0.2, 0.25) is 0 Å². The van der Waals surface area contributed by atoms with Crippen molar-refractivity contribution in [1.82, 2.24) is 0 Å². The van der Waals surface area contributed by atoms with Gasteiger partial charge in [-0.2, -0.15) is 0 Å². The monoisotopic (exact) mass is 643 g/mol. The Morgan fingerprint density at radius 2 is 1.28 bits per heavy atom. The van der Waals surface area contributed by atoms with Crippen molar-refractivity contribution in [2.24, 2.45) is 0 Å². The number of fused-ring (bicyclic) bond motifs is 8. The van der Waals surface area contributed by atoms with Gasteiger partial charge in [0.25, 0.3) is 0 Å². The highest BCUT2D eigenvalue weighted by atomic mass is 16.5. The van der Waals surface area contributed by atoms with Crippen LogP contribution in [0.5, 0.6) is 5.75 Å². The zero-order valence-electron chi connectivity index (χ0n) is 27.6. The average Bonchev–Trinajstić information content (AvgIpc) is 3.70. The van der Waals surface area contributed by atoms with Crippen LogP contribution in [-0.4, -0.2) is 0 Å². The lowest BCUT2D eigenvalue weighted by Crippen LogP contribution is -2.22. The molecule has 7 aromatic carbocycles. The number of benzene rings is 7. The van der Waals surface area contributed by atoms with Gasteiger partial charge in [0.1, 0.15) is 22.7 Å². The minimum Gasteiger partial charge on any atom is -0.460 e. The van der Waals surface area contributed by atoms with E-state index in [1.807, 2.05) is 12.1 Å². The second-order valence-corrected chi connectivity index (χ2v) is 13.5. The summed E-state index contributed by atoms with van der Waals surface area (Å²) in [7, 11) is 0. The van der Waals surface area contributed by atoms with Gasteiger partial charge >= 0.3 is 0 Å². The van der Waals surface area contributed by atoms with E-state index in [0.29, 0.717) is 0 Å². The smallest absolute Gasteiger partial charge is 0.136 e. The van der Waals surface area contributed by atoms with Gasteiger partial charge < -0.3 is 14.1 Å².